The molecule has 0 heterocycles. The van der Waals surface area contributed by atoms with Gasteiger partial charge in [-0.1, -0.05) is 0 Å². The summed E-state index contributed by atoms with van der Waals surface area (Å²) in [6.45, 7) is 0. The number of rotatable bonds is 0. The molecule has 0 rings (SSSR count). The van der Waals surface area contributed by atoms with Gasteiger partial charge in [0.1, 0.15) is 0 Å². The molecule has 0 spiro atoms. The second kappa shape index (κ2) is 36.8. The molecule has 0 saturated carbocycles. The molecule has 0 aliphatic heterocycles. The third kappa shape index (κ3) is 24.8. The third-order valence-corrected chi connectivity index (χ3v) is 0. The molecule has 6 heteroatoms. The summed E-state index contributed by atoms with van der Waals surface area (Å²) in [5, 5.41) is 0. The maximum Gasteiger partial charge on any atom is 0 e. The molecule has 0 N–H and O–H groups in total. The Morgan fingerprint density at radius 3 is 1.00 bits per heavy atom. The Balaban J connectivity index is 0. The molecule has 3 radical (unpaired) electrons. The predicted molar refractivity (Wildman–Crippen MR) is 27.0 cm³/mol. The zero-order chi connectivity index (χ0) is 0. The SMILES string of the molecule is [B].[BiH3].[Ce].[Mo].[SiH4].[Zn]. The fourth-order valence-corrected chi connectivity index (χ4v) is 0. The minimum atomic E-state index is 0. The average molecular weight is 556 g/mol. The molecule has 0 saturated heterocycles. The molecule has 0 atom stereocenters. The van der Waals surface area contributed by atoms with Crippen molar-refractivity contribution in [1.82, 2.24) is 0 Å². The maximum atomic E-state index is 0. The summed E-state index contributed by atoms with van der Waals surface area (Å²) in [6, 6.07) is 0. The van der Waals surface area contributed by atoms with E-state index >= 15 is 0 Å². The van der Waals surface area contributed by atoms with Gasteiger partial charge in [0, 0.05) is 90.7 Å². The van der Waals surface area contributed by atoms with Crippen molar-refractivity contribution in [2.45, 2.75) is 0 Å². The van der Waals surface area contributed by atoms with E-state index in [0.29, 0.717) is 0 Å². The van der Waals surface area contributed by atoms with E-state index in [-0.39, 0.29) is 128 Å². The molecule has 0 fully saturated rings. The topological polar surface area (TPSA) is 0 Å². The van der Waals surface area contributed by atoms with Gasteiger partial charge in [0.25, 0.3) is 0 Å². The summed E-state index contributed by atoms with van der Waals surface area (Å²) in [4.78, 5) is 0. The molecule has 0 aromatic carbocycles. The molecule has 0 aliphatic carbocycles. The Labute approximate surface area is 125 Å². The maximum absolute atomic E-state index is 0. The van der Waals surface area contributed by atoms with E-state index in [0.717, 1.165) is 0 Å². The summed E-state index contributed by atoms with van der Waals surface area (Å²) in [5.74, 6) is 0. The first-order chi connectivity index (χ1) is 0. The van der Waals surface area contributed by atoms with Crippen molar-refractivity contribution in [3.8, 4) is 0 Å². The van der Waals surface area contributed by atoms with Crippen molar-refractivity contribution in [2.24, 2.45) is 0 Å². The van der Waals surface area contributed by atoms with Crippen LogP contribution in [0.3, 0.4) is 0 Å². The van der Waals surface area contributed by atoms with E-state index in [2.05, 4.69) is 0 Å². The molecule has 0 nitrogen and oxygen atoms in total. The number of hydrogen-bond donors (Lipinski definition) is 0. The molecule has 0 amide bonds. The second-order valence-electron chi connectivity index (χ2n) is 0. The minimum absolute atomic E-state index is 0. The van der Waals surface area contributed by atoms with Crippen LogP contribution in [0.1, 0.15) is 0 Å². The van der Waals surface area contributed by atoms with Gasteiger partial charge in [-0.15, -0.1) is 0 Å². The van der Waals surface area contributed by atoms with Crippen molar-refractivity contribution >= 4 is 45.6 Å². The quantitative estimate of drug-likeness (QED) is 0.279. The van der Waals surface area contributed by atoms with Crippen LogP contribution >= 0.6 is 0 Å². The summed E-state index contributed by atoms with van der Waals surface area (Å²) in [6.07, 6.45) is 0. The van der Waals surface area contributed by atoms with Crippen LogP contribution in [0.5, 0.6) is 0 Å². The van der Waals surface area contributed by atoms with Gasteiger partial charge in [0.2, 0.25) is 0 Å². The third-order valence-electron chi connectivity index (χ3n) is 0. The van der Waals surface area contributed by atoms with E-state index in [4.69, 9.17) is 0 Å². The van der Waals surface area contributed by atoms with Gasteiger partial charge in [0.05, 0.1) is 0 Å². The second-order valence-corrected chi connectivity index (χ2v) is 0. The van der Waals surface area contributed by atoms with Crippen molar-refractivity contribution in [2.75, 3.05) is 0 Å². The van der Waals surface area contributed by atoms with Crippen LogP contribution in [0.15, 0.2) is 0 Å². The van der Waals surface area contributed by atoms with E-state index in [1.807, 2.05) is 0 Å². The molecule has 6 heavy (non-hydrogen) atoms. The summed E-state index contributed by atoms with van der Waals surface area (Å²) < 4.78 is 0. The van der Waals surface area contributed by atoms with Crippen molar-refractivity contribution in [3.63, 3.8) is 0 Å². The average Bonchev–Trinajstić information content (AvgIpc) is 0. The molecule has 0 aromatic heterocycles. The van der Waals surface area contributed by atoms with E-state index < -0.39 is 0 Å². The number of hydrogen-bond acceptors (Lipinski definition) is 0. The molecule has 0 unspecified atom stereocenters. The Bertz CT molecular complexity index is 15.5. The first-order valence-corrected chi connectivity index (χ1v) is 0. The molecule has 0 aromatic rings. The zero-order valence-corrected chi connectivity index (χ0v) is 16.5. The van der Waals surface area contributed by atoms with Crippen molar-refractivity contribution < 1.29 is 82.3 Å². The van der Waals surface area contributed by atoms with Crippen molar-refractivity contribution in [1.29, 1.82) is 0 Å². The van der Waals surface area contributed by atoms with Crippen LogP contribution < -0.4 is 0 Å². The Morgan fingerprint density at radius 1 is 1.00 bits per heavy atom. The molecule has 0 bridgehead atoms. The van der Waals surface area contributed by atoms with Crippen LogP contribution in [-0.4, -0.2) is 45.6 Å². The fraction of sp³-hybridized carbons (Fsp3) is 0. The monoisotopic (exact) mass is 557 g/mol. The van der Waals surface area contributed by atoms with Gasteiger partial charge < -0.3 is 0 Å². The van der Waals surface area contributed by atoms with Gasteiger partial charge in [0.15, 0.2) is 0 Å². The summed E-state index contributed by atoms with van der Waals surface area (Å²) in [5.41, 5.74) is 0. The van der Waals surface area contributed by atoms with Crippen LogP contribution in [0.25, 0.3) is 0 Å². The molecule has 31 valence electrons. The van der Waals surface area contributed by atoms with E-state index in [1.165, 1.54) is 0 Å². The first-order valence-electron chi connectivity index (χ1n) is 0. The van der Waals surface area contributed by atoms with Crippen LogP contribution in [0.4, 0.5) is 0 Å². The fourth-order valence-electron chi connectivity index (χ4n) is 0. The van der Waals surface area contributed by atoms with E-state index in [9.17, 15) is 0 Å². The van der Waals surface area contributed by atoms with Gasteiger partial charge >= 0.3 is 26.2 Å². The Morgan fingerprint density at radius 2 is 1.00 bits per heavy atom. The Hall–Kier alpha value is 3.85. The van der Waals surface area contributed by atoms with Gasteiger partial charge in [-0.2, -0.15) is 0 Å². The molecular weight excluding hydrogens is 549 g/mol. The van der Waals surface area contributed by atoms with Crippen molar-refractivity contribution in [3.05, 3.63) is 0 Å². The van der Waals surface area contributed by atoms with Crippen LogP contribution in [0, 0.1) is 41.7 Å². The first kappa shape index (κ1) is 52.0. The smallest absolute Gasteiger partial charge is 0 e. The molecular formula is H7BBiCeMoSiZn. The van der Waals surface area contributed by atoms with Crippen LogP contribution in [-0.2, 0) is 40.5 Å². The Kier molecular flexibility index (Phi) is 319. The standard InChI is InChI=1S/B.Bi.Ce.Mo.H4Si.Zn.3H/h;;;;1H4;;;;. The van der Waals surface area contributed by atoms with Gasteiger partial charge in [-0.05, 0) is 11.0 Å². The normalized spacial score (nSPS) is 0. The van der Waals surface area contributed by atoms with Gasteiger partial charge in [-0.3, -0.25) is 0 Å². The summed E-state index contributed by atoms with van der Waals surface area (Å²) >= 11 is 0. The van der Waals surface area contributed by atoms with Crippen LogP contribution in [0.2, 0.25) is 0 Å². The largest absolute Gasteiger partial charge is 0.0149 e. The van der Waals surface area contributed by atoms with E-state index in [1.54, 1.807) is 0 Å². The summed E-state index contributed by atoms with van der Waals surface area (Å²) in [7, 11) is 0. The van der Waals surface area contributed by atoms with Gasteiger partial charge in [-0.25, -0.2) is 0 Å². The zero-order valence-electron chi connectivity index (χ0n) is 2.90. The molecule has 0 aliphatic rings. The minimum Gasteiger partial charge on any atom is -0.0149 e. The predicted octanol–water partition coefficient (Wildman–Crippen LogP) is -3.02.